The molecule has 2 amide bonds. The van der Waals surface area contributed by atoms with Crippen LogP contribution in [0.1, 0.15) is 25.3 Å². The van der Waals surface area contributed by atoms with Crippen LogP contribution in [-0.2, 0) is 9.59 Å². The first kappa shape index (κ1) is 20.8. The second-order valence-electron chi connectivity index (χ2n) is 7.93. The van der Waals surface area contributed by atoms with Gasteiger partial charge in [-0.15, -0.1) is 0 Å². The maximum absolute atomic E-state index is 13.1. The van der Waals surface area contributed by atoms with Crippen molar-refractivity contribution in [3.63, 3.8) is 0 Å². The van der Waals surface area contributed by atoms with Crippen LogP contribution < -0.4 is 19.3 Å². The number of hydrogen-bond donors (Lipinski definition) is 1. The number of ether oxygens (including phenoxy) is 2. The van der Waals surface area contributed by atoms with Gasteiger partial charge in [-0.1, -0.05) is 13.0 Å². The van der Waals surface area contributed by atoms with Crippen molar-refractivity contribution in [3.05, 3.63) is 53.8 Å². The van der Waals surface area contributed by atoms with Crippen LogP contribution in [0.3, 0.4) is 0 Å². The van der Waals surface area contributed by atoms with E-state index in [2.05, 4.69) is 11.8 Å². The van der Waals surface area contributed by atoms with Gasteiger partial charge in [-0.05, 0) is 60.7 Å². The van der Waals surface area contributed by atoms with Crippen molar-refractivity contribution in [2.45, 2.75) is 19.8 Å². The molecule has 0 aliphatic carbocycles. The number of benzene rings is 2. The summed E-state index contributed by atoms with van der Waals surface area (Å²) in [5.41, 5.74) is 1.81. The van der Waals surface area contributed by atoms with E-state index in [0.717, 1.165) is 42.4 Å². The fraction of sp³-hybridized carbons (Fsp3) is 0.333. The third-order valence-electron chi connectivity index (χ3n) is 5.99. The van der Waals surface area contributed by atoms with Gasteiger partial charge in [0, 0.05) is 18.8 Å². The van der Waals surface area contributed by atoms with Crippen LogP contribution in [0.25, 0.3) is 5.57 Å². The number of carbonyl (C=O) groups excluding carboxylic acids is 2. The molecule has 0 aromatic heterocycles. The largest absolute Gasteiger partial charge is 0.502 e. The van der Waals surface area contributed by atoms with Crippen molar-refractivity contribution in [1.82, 2.24) is 0 Å². The number of hydrogen-bond acceptors (Lipinski definition) is 6. The third kappa shape index (κ3) is 3.71. The number of rotatable bonds is 5. The standard InChI is InChI=1S/C24H26N2O5/c1-15-10-12-25(13-11-15)17-5-7-18(8-6-17)26-23(28)21(22(27)24(26)29)16-4-9-19(30-2)20(14-16)31-3/h4-9,14-15,27H,10-13H2,1-3H3. The van der Waals surface area contributed by atoms with Gasteiger partial charge in [0.1, 0.15) is 0 Å². The topological polar surface area (TPSA) is 79.3 Å². The van der Waals surface area contributed by atoms with Crippen molar-refractivity contribution in [2.75, 3.05) is 37.1 Å². The summed E-state index contributed by atoms with van der Waals surface area (Å²) in [4.78, 5) is 29.2. The van der Waals surface area contributed by atoms with Crippen molar-refractivity contribution < 1.29 is 24.2 Å². The lowest BCUT2D eigenvalue weighted by Gasteiger charge is -2.32. The van der Waals surface area contributed by atoms with E-state index in [1.165, 1.54) is 14.2 Å². The third-order valence-corrected chi connectivity index (χ3v) is 5.99. The van der Waals surface area contributed by atoms with Crippen LogP contribution in [0, 0.1) is 5.92 Å². The fourth-order valence-corrected chi connectivity index (χ4v) is 4.08. The van der Waals surface area contributed by atoms with Gasteiger partial charge in [0.25, 0.3) is 5.91 Å². The van der Waals surface area contributed by atoms with Gasteiger partial charge in [0.2, 0.25) is 0 Å². The predicted molar refractivity (Wildman–Crippen MR) is 119 cm³/mol. The maximum Gasteiger partial charge on any atom is 0.301 e. The molecule has 2 aromatic rings. The molecule has 0 saturated carbocycles. The van der Waals surface area contributed by atoms with Gasteiger partial charge in [-0.25, -0.2) is 4.90 Å². The Morgan fingerprint density at radius 1 is 0.871 bits per heavy atom. The minimum absolute atomic E-state index is 0.0555. The Kier molecular flexibility index (Phi) is 5.59. The number of carbonyl (C=O) groups is 2. The number of aliphatic hydroxyl groups is 1. The zero-order valence-electron chi connectivity index (χ0n) is 17.9. The number of methoxy groups -OCH3 is 2. The van der Waals surface area contributed by atoms with E-state index in [0.29, 0.717) is 22.7 Å². The Labute approximate surface area is 181 Å². The highest BCUT2D eigenvalue weighted by atomic mass is 16.5. The second kappa shape index (κ2) is 8.34. The first-order chi connectivity index (χ1) is 14.9. The van der Waals surface area contributed by atoms with Crippen LogP contribution >= 0.6 is 0 Å². The molecule has 1 saturated heterocycles. The van der Waals surface area contributed by atoms with E-state index in [1.54, 1.807) is 30.3 Å². The Hall–Kier alpha value is -3.48. The minimum atomic E-state index is -0.741. The maximum atomic E-state index is 13.1. The number of aliphatic hydroxyl groups excluding tert-OH is 1. The molecule has 1 N–H and O–H groups in total. The average molecular weight is 422 g/mol. The normalized spacial score (nSPS) is 17.5. The van der Waals surface area contributed by atoms with Crippen LogP contribution in [0.4, 0.5) is 11.4 Å². The van der Waals surface area contributed by atoms with Crippen molar-refractivity contribution in [2.24, 2.45) is 5.92 Å². The first-order valence-electron chi connectivity index (χ1n) is 10.3. The molecular weight excluding hydrogens is 396 g/mol. The predicted octanol–water partition coefficient (Wildman–Crippen LogP) is 3.78. The van der Waals surface area contributed by atoms with Crippen LogP contribution in [0.2, 0.25) is 0 Å². The van der Waals surface area contributed by atoms with E-state index in [4.69, 9.17) is 9.47 Å². The van der Waals surface area contributed by atoms with Gasteiger partial charge in [-0.3, -0.25) is 9.59 Å². The molecule has 7 nitrogen and oxygen atoms in total. The van der Waals surface area contributed by atoms with Crippen molar-refractivity contribution >= 4 is 28.8 Å². The van der Waals surface area contributed by atoms with E-state index < -0.39 is 17.6 Å². The first-order valence-corrected chi connectivity index (χ1v) is 10.3. The number of nitrogens with zero attached hydrogens (tertiary/aromatic N) is 2. The lowest BCUT2D eigenvalue weighted by atomic mass is 9.99. The molecule has 2 aromatic carbocycles. The molecule has 0 bridgehead atoms. The van der Waals surface area contributed by atoms with Gasteiger partial charge < -0.3 is 19.5 Å². The van der Waals surface area contributed by atoms with Crippen LogP contribution in [0.5, 0.6) is 11.5 Å². The molecule has 2 aliphatic rings. The number of piperidine rings is 1. The SMILES string of the molecule is COc1ccc(C2=C(O)C(=O)N(c3ccc(N4CCC(C)CC4)cc3)C2=O)cc1OC. The summed E-state index contributed by atoms with van der Waals surface area (Å²) in [6, 6.07) is 12.1. The van der Waals surface area contributed by atoms with Gasteiger partial charge in [0.15, 0.2) is 17.3 Å². The molecule has 0 spiro atoms. The molecule has 31 heavy (non-hydrogen) atoms. The summed E-state index contributed by atoms with van der Waals surface area (Å²) in [6.07, 6.45) is 2.30. The number of imide groups is 1. The van der Waals surface area contributed by atoms with E-state index in [-0.39, 0.29) is 5.57 Å². The van der Waals surface area contributed by atoms with Gasteiger partial charge >= 0.3 is 5.91 Å². The second-order valence-corrected chi connectivity index (χ2v) is 7.93. The molecule has 2 aliphatic heterocycles. The Morgan fingerprint density at radius 3 is 2.10 bits per heavy atom. The van der Waals surface area contributed by atoms with Crippen LogP contribution in [0.15, 0.2) is 48.2 Å². The molecule has 0 radical (unpaired) electrons. The monoisotopic (exact) mass is 422 g/mol. The molecule has 1 fully saturated rings. The quantitative estimate of drug-likeness (QED) is 0.739. The highest BCUT2D eigenvalue weighted by Crippen LogP contribution is 2.36. The zero-order chi connectivity index (χ0) is 22.1. The van der Waals surface area contributed by atoms with E-state index in [9.17, 15) is 14.7 Å². The Morgan fingerprint density at radius 2 is 1.48 bits per heavy atom. The molecule has 4 rings (SSSR count). The highest BCUT2D eigenvalue weighted by Gasteiger charge is 2.40. The summed E-state index contributed by atoms with van der Waals surface area (Å²) < 4.78 is 10.5. The van der Waals surface area contributed by atoms with E-state index in [1.807, 2.05) is 12.1 Å². The van der Waals surface area contributed by atoms with Gasteiger partial charge in [0.05, 0.1) is 25.5 Å². The molecule has 0 unspecified atom stereocenters. The molecular formula is C24H26N2O5. The molecule has 162 valence electrons. The van der Waals surface area contributed by atoms with Gasteiger partial charge in [-0.2, -0.15) is 0 Å². The van der Waals surface area contributed by atoms with Crippen molar-refractivity contribution in [3.8, 4) is 11.5 Å². The number of anilines is 2. The molecule has 0 atom stereocenters. The average Bonchev–Trinajstić information content (AvgIpc) is 3.02. The summed E-state index contributed by atoms with van der Waals surface area (Å²) in [6.45, 7) is 4.25. The smallest absolute Gasteiger partial charge is 0.301 e. The van der Waals surface area contributed by atoms with Crippen LogP contribution in [-0.4, -0.2) is 44.2 Å². The lowest BCUT2D eigenvalue weighted by molar-refractivity contribution is -0.121. The summed E-state index contributed by atoms with van der Waals surface area (Å²) in [5, 5.41) is 10.5. The minimum Gasteiger partial charge on any atom is -0.502 e. The summed E-state index contributed by atoms with van der Waals surface area (Å²) in [7, 11) is 2.99. The lowest BCUT2D eigenvalue weighted by Crippen LogP contribution is -2.33. The summed E-state index contributed by atoms with van der Waals surface area (Å²) >= 11 is 0. The Balaban J connectivity index is 1.59. The molecule has 2 heterocycles. The molecule has 7 heteroatoms. The van der Waals surface area contributed by atoms with Crippen molar-refractivity contribution in [1.29, 1.82) is 0 Å². The fourth-order valence-electron chi connectivity index (χ4n) is 4.08. The van der Waals surface area contributed by atoms with E-state index >= 15 is 0 Å². The Bertz CT molecular complexity index is 1040. The zero-order valence-corrected chi connectivity index (χ0v) is 17.9. The summed E-state index contributed by atoms with van der Waals surface area (Å²) in [5.74, 6) is -0.267. The number of amides is 2. The highest BCUT2D eigenvalue weighted by molar-refractivity contribution is 6.44.